The fraction of sp³-hybridized carbons (Fsp3) is 0.385. The SMILES string of the molecule is CC1=C(c2cncnc2)C(=O)N(C(C)(C)C(=O)Cl)CO1. The molecule has 1 aliphatic heterocycles. The maximum absolute atomic E-state index is 12.6. The van der Waals surface area contributed by atoms with E-state index in [1.165, 1.54) is 23.6 Å². The zero-order valence-electron chi connectivity index (χ0n) is 11.4. The largest absolute Gasteiger partial charge is 0.477 e. The number of amides is 1. The Morgan fingerprint density at radius 1 is 1.40 bits per heavy atom. The van der Waals surface area contributed by atoms with Gasteiger partial charge in [-0.15, -0.1) is 0 Å². The molecule has 1 aromatic heterocycles. The highest BCUT2D eigenvalue weighted by atomic mass is 35.5. The predicted octanol–water partition coefficient (Wildman–Crippen LogP) is 1.57. The minimum absolute atomic E-state index is 0.0205. The summed E-state index contributed by atoms with van der Waals surface area (Å²) in [5.41, 5.74) is -0.277. The van der Waals surface area contributed by atoms with Gasteiger partial charge in [0, 0.05) is 18.0 Å². The van der Waals surface area contributed by atoms with Crippen LogP contribution in [0, 0.1) is 0 Å². The van der Waals surface area contributed by atoms with Gasteiger partial charge in [-0.05, 0) is 32.4 Å². The lowest BCUT2D eigenvalue weighted by Gasteiger charge is -2.38. The number of rotatable bonds is 3. The molecule has 2 rings (SSSR count). The molecule has 0 spiro atoms. The number of hydrogen-bond donors (Lipinski definition) is 0. The van der Waals surface area contributed by atoms with Crippen LogP contribution < -0.4 is 0 Å². The molecule has 0 radical (unpaired) electrons. The first-order valence-electron chi connectivity index (χ1n) is 5.96. The quantitative estimate of drug-likeness (QED) is 0.792. The molecule has 0 saturated heterocycles. The molecule has 20 heavy (non-hydrogen) atoms. The second-order valence-corrected chi connectivity index (χ2v) is 5.24. The molecule has 0 N–H and O–H groups in total. The monoisotopic (exact) mass is 295 g/mol. The lowest BCUT2D eigenvalue weighted by Crippen LogP contribution is -2.54. The Morgan fingerprint density at radius 2 is 2.00 bits per heavy atom. The van der Waals surface area contributed by atoms with Crippen molar-refractivity contribution in [1.29, 1.82) is 0 Å². The first-order chi connectivity index (χ1) is 9.35. The molecule has 0 atom stereocenters. The Labute approximate surface area is 121 Å². The van der Waals surface area contributed by atoms with E-state index in [0.29, 0.717) is 16.9 Å². The average molecular weight is 296 g/mol. The highest BCUT2D eigenvalue weighted by Gasteiger charge is 2.41. The number of allylic oxidation sites excluding steroid dienone is 1. The van der Waals surface area contributed by atoms with Crippen LogP contribution in [0.15, 0.2) is 24.5 Å². The Morgan fingerprint density at radius 3 is 2.55 bits per heavy atom. The van der Waals surface area contributed by atoms with Crippen LogP contribution in [0.2, 0.25) is 0 Å². The first-order valence-corrected chi connectivity index (χ1v) is 6.34. The van der Waals surface area contributed by atoms with E-state index in [4.69, 9.17) is 16.3 Å². The van der Waals surface area contributed by atoms with Crippen molar-refractivity contribution in [2.45, 2.75) is 26.3 Å². The lowest BCUT2D eigenvalue weighted by atomic mass is 10.00. The molecule has 106 valence electrons. The summed E-state index contributed by atoms with van der Waals surface area (Å²) in [6.45, 7) is 4.81. The van der Waals surface area contributed by atoms with Gasteiger partial charge < -0.3 is 4.74 Å². The summed E-state index contributed by atoms with van der Waals surface area (Å²) >= 11 is 5.57. The highest BCUT2D eigenvalue weighted by Crippen LogP contribution is 2.30. The van der Waals surface area contributed by atoms with Gasteiger partial charge in [0.25, 0.3) is 5.91 Å². The molecule has 1 amide bonds. The second-order valence-electron chi connectivity index (χ2n) is 4.90. The molecular formula is C13H14ClN3O3. The third-order valence-corrected chi connectivity index (χ3v) is 3.69. The molecule has 2 heterocycles. The second kappa shape index (κ2) is 5.20. The molecule has 0 aromatic carbocycles. The van der Waals surface area contributed by atoms with Crippen molar-refractivity contribution in [2.24, 2.45) is 0 Å². The molecule has 6 nitrogen and oxygen atoms in total. The van der Waals surface area contributed by atoms with Crippen LogP contribution in [0.25, 0.3) is 5.57 Å². The smallest absolute Gasteiger partial charge is 0.261 e. The van der Waals surface area contributed by atoms with E-state index in [-0.39, 0.29) is 12.6 Å². The summed E-state index contributed by atoms with van der Waals surface area (Å²) in [5, 5.41) is -0.627. The standard InChI is InChI=1S/C13H14ClN3O3/c1-8-10(9-4-15-6-16-5-9)11(18)17(7-20-8)13(2,3)12(14)19/h4-6H,7H2,1-3H3. The van der Waals surface area contributed by atoms with Crippen LogP contribution in [0.5, 0.6) is 0 Å². The Bertz CT molecular complexity index is 584. The van der Waals surface area contributed by atoms with E-state index < -0.39 is 10.8 Å². The Kier molecular flexibility index (Phi) is 3.76. The van der Waals surface area contributed by atoms with Crippen LogP contribution in [-0.2, 0) is 14.3 Å². The number of aromatic nitrogens is 2. The topological polar surface area (TPSA) is 72.4 Å². The number of carbonyl (C=O) groups is 2. The number of hydrogen-bond acceptors (Lipinski definition) is 5. The van der Waals surface area contributed by atoms with Crippen LogP contribution in [0.4, 0.5) is 0 Å². The van der Waals surface area contributed by atoms with Gasteiger partial charge in [-0.1, -0.05) is 0 Å². The van der Waals surface area contributed by atoms with Crippen LogP contribution >= 0.6 is 11.6 Å². The predicted molar refractivity (Wildman–Crippen MR) is 72.4 cm³/mol. The van der Waals surface area contributed by atoms with Gasteiger partial charge in [0.2, 0.25) is 5.24 Å². The molecule has 1 aliphatic rings. The zero-order valence-corrected chi connectivity index (χ0v) is 12.1. The van der Waals surface area contributed by atoms with Crippen molar-refractivity contribution in [2.75, 3.05) is 6.73 Å². The number of nitrogens with zero attached hydrogens (tertiary/aromatic N) is 3. The molecular weight excluding hydrogens is 282 g/mol. The van der Waals surface area contributed by atoms with Crippen molar-refractivity contribution >= 4 is 28.3 Å². The van der Waals surface area contributed by atoms with E-state index in [1.54, 1.807) is 20.8 Å². The van der Waals surface area contributed by atoms with E-state index >= 15 is 0 Å². The summed E-state index contributed by atoms with van der Waals surface area (Å²) in [6.07, 6.45) is 4.41. The molecule has 0 saturated carbocycles. The van der Waals surface area contributed by atoms with Gasteiger partial charge in [0.05, 0.1) is 5.57 Å². The van der Waals surface area contributed by atoms with Gasteiger partial charge in [0.15, 0.2) is 6.73 Å². The average Bonchev–Trinajstić information content (AvgIpc) is 2.39. The number of carbonyl (C=O) groups excluding carboxylic acids is 2. The van der Waals surface area contributed by atoms with Crippen LogP contribution in [0.3, 0.4) is 0 Å². The van der Waals surface area contributed by atoms with Crippen LogP contribution in [-0.4, -0.2) is 38.3 Å². The van der Waals surface area contributed by atoms with E-state index in [1.807, 2.05) is 0 Å². The molecule has 0 aliphatic carbocycles. The summed E-state index contributed by atoms with van der Waals surface area (Å²) in [5.74, 6) is 0.140. The number of halogens is 1. The fourth-order valence-electron chi connectivity index (χ4n) is 1.85. The Balaban J connectivity index is 2.44. The van der Waals surface area contributed by atoms with Crippen LogP contribution in [0.1, 0.15) is 26.3 Å². The van der Waals surface area contributed by atoms with Crippen molar-refractivity contribution < 1.29 is 14.3 Å². The first kappa shape index (κ1) is 14.5. The molecule has 0 bridgehead atoms. The normalized spacial score (nSPS) is 16.2. The Hall–Kier alpha value is -1.95. The van der Waals surface area contributed by atoms with E-state index in [9.17, 15) is 9.59 Å². The summed E-state index contributed by atoms with van der Waals surface area (Å²) in [7, 11) is 0. The third kappa shape index (κ3) is 2.38. The zero-order chi connectivity index (χ0) is 14.9. The fourth-order valence-corrected chi connectivity index (χ4v) is 1.96. The van der Waals surface area contributed by atoms with Crippen molar-refractivity contribution in [3.05, 3.63) is 30.0 Å². The van der Waals surface area contributed by atoms with Gasteiger partial charge in [-0.25, -0.2) is 9.97 Å². The lowest BCUT2D eigenvalue weighted by molar-refractivity contribution is -0.145. The van der Waals surface area contributed by atoms with Gasteiger partial charge >= 0.3 is 0 Å². The molecule has 0 fully saturated rings. The highest BCUT2D eigenvalue weighted by molar-refractivity contribution is 6.65. The molecule has 0 unspecified atom stereocenters. The maximum Gasteiger partial charge on any atom is 0.261 e. The summed E-state index contributed by atoms with van der Waals surface area (Å²) in [6, 6.07) is 0. The van der Waals surface area contributed by atoms with Gasteiger partial charge in [0.1, 0.15) is 17.6 Å². The molecule has 1 aromatic rings. The minimum atomic E-state index is -1.15. The van der Waals surface area contributed by atoms with Gasteiger partial charge in [-0.3, -0.25) is 14.5 Å². The van der Waals surface area contributed by atoms with E-state index in [2.05, 4.69) is 9.97 Å². The van der Waals surface area contributed by atoms with E-state index in [0.717, 1.165) is 0 Å². The van der Waals surface area contributed by atoms with Crippen molar-refractivity contribution in [3.8, 4) is 0 Å². The van der Waals surface area contributed by atoms with Crippen molar-refractivity contribution in [3.63, 3.8) is 0 Å². The third-order valence-electron chi connectivity index (χ3n) is 3.23. The van der Waals surface area contributed by atoms with Crippen molar-refractivity contribution in [1.82, 2.24) is 14.9 Å². The van der Waals surface area contributed by atoms with Gasteiger partial charge in [-0.2, -0.15) is 0 Å². The molecule has 7 heteroatoms. The maximum atomic E-state index is 12.6. The minimum Gasteiger partial charge on any atom is -0.477 e. The summed E-state index contributed by atoms with van der Waals surface area (Å²) < 4.78 is 5.48. The number of ether oxygens (including phenoxy) is 1. The summed E-state index contributed by atoms with van der Waals surface area (Å²) in [4.78, 5) is 33.2.